The summed E-state index contributed by atoms with van der Waals surface area (Å²) in [5.74, 6) is 0. The molecule has 0 aromatic heterocycles. The average molecular weight is 238 g/mol. The average Bonchev–Trinajstić information content (AvgIpc) is 2.58. The van der Waals surface area contributed by atoms with Crippen molar-refractivity contribution in [1.29, 1.82) is 0 Å². The lowest BCUT2D eigenvalue weighted by Gasteiger charge is -2.22. The number of anilines is 2. The van der Waals surface area contributed by atoms with E-state index in [0.717, 1.165) is 11.4 Å². The SMILES string of the molecule is CNc1ccc2c(c1)C(C)(C)c1cc(N)ccc1-2. The summed E-state index contributed by atoms with van der Waals surface area (Å²) in [5.41, 5.74) is 13.3. The number of nitrogens with two attached hydrogens (primary N) is 1. The molecule has 92 valence electrons. The first-order valence-electron chi connectivity index (χ1n) is 6.26. The molecule has 3 N–H and O–H groups in total. The molecular formula is C16H18N2. The largest absolute Gasteiger partial charge is 0.399 e. The van der Waals surface area contributed by atoms with E-state index < -0.39 is 0 Å². The highest BCUT2D eigenvalue weighted by Gasteiger charge is 2.35. The molecule has 0 bridgehead atoms. The van der Waals surface area contributed by atoms with Gasteiger partial charge in [-0.15, -0.1) is 0 Å². The van der Waals surface area contributed by atoms with Gasteiger partial charge < -0.3 is 11.1 Å². The van der Waals surface area contributed by atoms with Crippen molar-refractivity contribution in [3.63, 3.8) is 0 Å². The van der Waals surface area contributed by atoms with E-state index in [1.807, 2.05) is 13.1 Å². The predicted molar refractivity (Wildman–Crippen MR) is 78.0 cm³/mol. The predicted octanol–water partition coefficient (Wildman–Crippen LogP) is 3.62. The van der Waals surface area contributed by atoms with Crippen molar-refractivity contribution in [2.75, 3.05) is 18.1 Å². The van der Waals surface area contributed by atoms with Crippen molar-refractivity contribution in [2.24, 2.45) is 0 Å². The van der Waals surface area contributed by atoms with Crippen LogP contribution in [-0.2, 0) is 5.41 Å². The number of rotatable bonds is 1. The third-order valence-corrected chi connectivity index (χ3v) is 3.99. The molecule has 2 aromatic rings. The van der Waals surface area contributed by atoms with Crippen LogP contribution >= 0.6 is 0 Å². The van der Waals surface area contributed by atoms with Crippen molar-refractivity contribution < 1.29 is 0 Å². The summed E-state index contributed by atoms with van der Waals surface area (Å²) in [6.07, 6.45) is 0. The number of nitrogen functional groups attached to an aromatic ring is 1. The smallest absolute Gasteiger partial charge is 0.0341 e. The molecule has 3 rings (SSSR count). The molecule has 2 nitrogen and oxygen atoms in total. The minimum absolute atomic E-state index is 0.0207. The molecular weight excluding hydrogens is 220 g/mol. The molecule has 2 heteroatoms. The Morgan fingerprint density at radius 3 is 2.22 bits per heavy atom. The number of hydrogen-bond donors (Lipinski definition) is 2. The van der Waals surface area contributed by atoms with Crippen LogP contribution in [0.25, 0.3) is 11.1 Å². The summed E-state index contributed by atoms with van der Waals surface area (Å²) in [5, 5.41) is 3.21. The Kier molecular flexibility index (Phi) is 2.18. The van der Waals surface area contributed by atoms with E-state index in [4.69, 9.17) is 5.73 Å². The lowest BCUT2D eigenvalue weighted by Crippen LogP contribution is -2.15. The quantitative estimate of drug-likeness (QED) is 0.745. The maximum absolute atomic E-state index is 5.93. The third-order valence-electron chi connectivity index (χ3n) is 3.99. The lowest BCUT2D eigenvalue weighted by atomic mass is 9.82. The summed E-state index contributed by atoms with van der Waals surface area (Å²) >= 11 is 0. The highest BCUT2D eigenvalue weighted by atomic mass is 14.8. The molecule has 18 heavy (non-hydrogen) atoms. The van der Waals surface area contributed by atoms with Crippen molar-refractivity contribution in [3.8, 4) is 11.1 Å². The van der Waals surface area contributed by atoms with E-state index in [0.29, 0.717) is 0 Å². The van der Waals surface area contributed by atoms with Gasteiger partial charge in [0.2, 0.25) is 0 Å². The van der Waals surface area contributed by atoms with Gasteiger partial charge in [-0.3, -0.25) is 0 Å². The van der Waals surface area contributed by atoms with Crippen molar-refractivity contribution in [2.45, 2.75) is 19.3 Å². The second-order valence-corrected chi connectivity index (χ2v) is 5.44. The molecule has 0 radical (unpaired) electrons. The van der Waals surface area contributed by atoms with Gasteiger partial charge in [-0.2, -0.15) is 0 Å². The molecule has 0 heterocycles. The molecule has 1 aliphatic carbocycles. The Morgan fingerprint density at radius 1 is 0.944 bits per heavy atom. The summed E-state index contributed by atoms with van der Waals surface area (Å²) in [4.78, 5) is 0. The first kappa shape index (κ1) is 11.1. The van der Waals surface area contributed by atoms with Gasteiger partial charge in [0.25, 0.3) is 0 Å². The Balaban J connectivity index is 2.31. The van der Waals surface area contributed by atoms with Crippen molar-refractivity contribution >= 4 is 11.4 Å². The van der Waals surface area contributed by atoms with E-state index in [-0.39, 0.29) is 5.41 Å². The zero-order chi connectivity index (χ0) is 12.9. The van der Waals surface area contributed by atoms with E-state index >= 15 is 0 Å². The van der Waals surface area contributed by atoms with Gasteiger partial charge in [0, 0.05) is 23.8 Å². The van der Waals surface area contributed by atoms with Crippen LogP contribution in [-0.4, -0.2) is 7.05 Å². The van der Waals surface area contributed by atoms with Gasteiger partial charge in [-0.05, 0) is 46.5 Å². The van der Waals surface area contributed by atoms with Crippen LogP contribution in [0.2, 0.25) is 0 Å². The molecule has 1 aliphatic rings. The zero-order valence-corrected chi connectivity index (χ0v) is 11.0. The van der Waals surface area contributed by atoms with Crippen LogP contribution in [0.4, 0.5) is 11.4 Å². The Bertz CT molecular complexity index is 627. The molecule has 0 aliphatic heterocycles. The van der Waals surface area contributed by atoms with E-state index in [2.05, 4.69) is 49.5 Å². The highest BCUT2D eigenvalue weighted by Crippen LogP contribution is 2.49. The fourth-order valence-electron chi connectivity index (χ4n) is 2.91. The van der Waals surface area contributed by atoms with Gasteiger partial charge in [0.15, 0.2) is 0 Å². The van der Waals surface area contributed by atoms with Gasteiger partial charge in [-0.1, -0.05) is 26.0 Å². The Morgan fingerprint density at radius 2 is 1.56 bits per heavy atom. The normalized spacial score (nSPS) is 15.1. The second kappa shape index (κ2) is 3.52. The fourth-order valence-corrected chi connectivity index (χ4v) is 2.91. The maximum atomic E-state index is 5.93. The molecule has 0 atom stereocenters. The lowest BCUT2D eigenvalue weighted by molar-refractivity contribution is 0.661. The van der Waals surface area contributed by atoms with Crippen LogP contribution in [0, 0.1) is 0 Å². The number of benzene rings is 2. The van der Waals surface area contributed by atoms with Crippen LogP contribution in [0.3, 0.4) is 0 Å². The molecule has 0 unspecified atom stereocenters. The van der Waals surface area contributed by atoms with Gasteiger partial charge >= 0.3 is 0 Å². The van der Waals surface area contributed by atoms with Crippen LogP contribution in [0.5, 0.6) is 0 Å². The molecule has 0 amide bonds. The van der Waals surface area contributed by atoms with Crippen LogP contribution in [0.1, 0.15) is 25.0 Å². The van der Waals surface area contributed by atoms with E-state index in [1.54, 1.807) is 0 Å². The third kappa shape index (κ3) is 1.35. The summed E-state index contributed by atoms with van der Waals surface area (Å²) in [6, 6.07) is 12.8. The Hall–Kier alpha value is -1.96. The standard InChI is InChI=1S/C16H18N2/c1-16(2)14-8-10(17)4-6-12(14)13-7-5-11(18-3)9-15(13)16/h4-9,18H,17H2,1-3H3. The zero-order valence-electron chi connectivity index (χ0n) is 11.0. The monoisotopic (exact) mass is 238 g/mol. The molecule has 0 spiro atoms. The summed E-state index contributed by atoms with van der Waals surface area (Å²) in [7, 11) is 1.95. The first-order chi connectivity index (χ1) is 8.54. The van der Waals surface area contributed by atoms with Crippen molar-refractivity contribution in [1.82, 2.24) is 0 Å². The van der Waals surface area contributed by atoms with Gasteiger partial charge in [-0.25, -0.2) is 0 Å². The summed E-state index contributed by atoms with van der Waals surface area (Å²) < 4.78 is 0. The number of nitrogens with one attached hydrogen (secondary N) is 1. The molecule has 0 saturated heterocycles. The van der Waals surface area contributed by atoms with Gasteiger partial charge in [0.05, 0.1) is 0 Å². The minimum atomic E-state index is 0.0207. The fraction of sp³-hybridized carbons (Fsp3) is 0.250. The number of fused-ring (bicyclic) bond motifs is 3. The van der Waals surface area contributed by atoms with Crippen LogP contribution < -0.4 is 11.1 Å². The molecule has 0 fully saturated rings. The van der Waals surface area contributed by atoms with Crippen LogP contribution in [0.15, 0.2) is 36.4 Å². The first-order valence-corrected chi connectivity index (χ1v) is 6.26. The van der Waals surface area contributed by atoms with E-state index in [1.165, 1.54) is 22.3 Å². The highest BCUT2D eigenvalue weighted by molar-refractivity contribution is 5.83. The Labute approximate surface area is 108 Å². The maximum Gasteiger partial charge on any atom is 0.0341 e. The second-order valence-electron chi connectivity index (χ2n) is 5.44. The van der Waals surface area contributed by atoms with Crippen molar-refractivity contribution in [3.05, 3.63) is 47.5 Å². The number of hydrogen-bond acceptors (Lipinski definition) is 2. The van der Waals surface area contributed by atoms with Gasteiger partial charge in [0.1, 0.15) is 0 Å². The van der Waals surface area contributed by atoms with E-state index in [9.17, 15) is 0 Å². The topological polar surface area (TPSA) is 38.0 Å². The molecule has 0 saturated carbocycles. The summed E-state index contributed by atoms with van der Waals surface area (Å²) in [6.45, 7) is 4.52. The minimum Gasteiger partial charge on any atom is -0.399 e. The molecule has 2 aromatic carbocycles.